The Bertz CT molecular complexity index is 1210. The van der Waals surface area contributed by atoms with E-state index in [0.29, 0.717) is 39.0 Å². The van der Waals surface area contributed by atoms with Crippen LogP contribution in [0.1, 0.15) is 0 Å². The van der Waals surface area contributed by atoms with Gasteiger partial charge < -0.3 is 18.9 Å². The molecule has 1 aliphatic heterocycles. The highest BCUT2D eigenvalue weighted by Crippen LogP contribution is 2.47. The smallest absolute Gasteiger partial charge is 0.342 e. The van der Waals surface area contributed by atoms with Crippen molar-refractivity contribution in [2.75, 3.05) is 27.5 Å². The number of para-hydroxylation sites is 1. The molecule has 3 aromatic rings. The van der Waals surface area contributed by atoms with E-state index in [0.717, 1.165) is 11.8 Å². The van der Waals surface area contributed by atoms with Crippen molar-refractivity contribution in [2.45, 2.75) is 15.9 Å². The van der Waals surface area contributed by atoms with Gasteiger partial charge in [0.15, 0.2) is 6.10 Å². The molecule has 0 saturated carbocycles. The molecule has 34 heavy (non-hydrogen) atoms. The summed E-state index contributed by atoms with van der Waals surface area (Å²) in [7, 11) is 3.10. The molecule has 1 atom stereocenters. The average Bonchev–Trinajstić information content (AvgIpc) is 3.40. The Kier molecular flexibility index (Phi) is 7.31. The first-order valence-corrected chi connectivity index (χ1v) is 11.1. The number of nitro groups is 1. The number of carbonyl (C=O) groups excluding carboxylic acids is 1. The van der Waals surface area contributed by atoms with Gasteiger partial charge in [-0.1, -0.05) is 36.0 Å². The zero-order chi connectivity index (χ0) is 24.1. The molecular formula is C24H22N2O7S. The van der Waals surface area contributed by atoms with Crippen LogP contribution in [0.3, 0.4) is 0 Å². The Balaban J connectivity index is 1.83. The summed E-state index contributed by atoms with van der Waals surface area (Å²) in [6, 6.07) is 17.0. The number of benzene rings is 3. The summed E-state index contributed by atoms with van der Waals surface area (Å²) in [5.74, 6) is 0.866. The van der Waals surface area contributed by atoms with Gasteiger partial charge in [-0.2, -0.15) is 0 Å². The third-order valence-corrected chi connectivity index (χ3v) is 6.33. The number of hydrogen-bond donors (Lipinski definition) is 1. The van der Waals surface area contributed by atoms with Gasteiger partial charge in [0.25, 0.3) is 5.69 Å². The second-order valence-corrected chi connectivity index (χ2v) is 8.25. The molecule has 1 fully saturated rings. The maximum absolute atomic E-state index is 12.7. The van der Waals surface area contributed by atoms with Gasteiger partial charge in [-0.05, 0) is 24.3 Å². The molecule has 1 aliphatic rings. The van der Waals surface area contributed by atoms with Crippen LogP contribution in [0, 0.1) is 10.1 Å². The van der Waals surface area contributed by atoms with Crippen LogP contribution in [0.2, 0.25) is 0 Å². The topological polar surface area (TPSA) is 109 Å². The van der Waals surface area contributed by atoms with Crippen LogP contribution in [0.4, 0.5) is 5.69 Å². The van der Waals surface area contributed by atoms with Crippen LogP contribution >= 0.6 is 11.8 Å². The molecule has 9 nitrogen and oxygen atoms in total. The van der Waals surface area contributed by atoms with Gasteiger partial charge in [0.2, 0.25) is 0 Å². The molecular weight excluding hydrogens is 460 g/mol. The van der Waals surface area contributed by atoms with Crippen molar-refractivity contribution in [3.63, 3.8) is 0 Å². The van der Waals surface area contributed by atoms with Gasteiger partial charge in [-0.25, -0.2) is 4.79 Å². The zero-order valence-electron chi connectivity index (χ0n) is 18.5. The molecule has 176 valence electrons. The highest BCUT2D eigenvalue weighted by Gasteiger charge is 2.28. The quantitative estimate of drug-likeness (QED) is 0.218. The largest absolute Gasteiger partial charge is 0.497 e. The lowest BCUT2D eigenvalue weighted by atomic mass is 10.0. The monoisotopic (exact) mass is 482 g/mol. The summed E-state index contributed by atoms with van der Waals surface area (Å²) in [6.07, 6.45) is -0.733. The van der Waals surface area contributed by atoms with Gasteiger partial charge in [0, 0.05) is 29.8 Å². The molecule has 1 heterocycles. The summed E-state index contributed by atoms with van der Waals surface area (Å²) in [5, 5.41) is 14.6. The number of methoxy groups -OCH3 is 2. The van der Waals surface area contributed by atoms with Gasteiger partial charge in [-0.15, -0.1) is 0 Å². The van der Waals surface area contributed by atoms with Crippen LogP contribution in [-0.2, 0) is 9.53 Å². The van der Waals surface area contributed by atoms with Gasteiger partial charge >= 0.3 is 5.97 Å². The minimum Gasteiger partial charge on any atom is -0.497 e. The lowest BCUT2D eigenvalue weighted by Gasteiger charge is -2.18. The summed E-state index contributed by atoms with van der Waals surface area (Å²) in [5.41, 5.74) is 1.34. The van der Waals surface area contributed by atoms with Crippen molar-refractivity contribution < 1.29 is 28.7 Å². The number of ether oxygens (including phenoxy) is 4. The second-order valence-electron chi connectivity index (χ2n) is 7.20. The molecule has 1 N–H and O–H groups in total. The third-order valence-electron chi connectivity index (χ3n) is 5.14. The lowest BCUT2D eigenvalue weighted by molar-refractivity contribution is -0.387. The van der Waals surface area contributed by atoms with E-state index in [1.165, 1.54) is 6.07 Å². The fraction of sp³-hybridized carbons (Fsp3) is 0.208. The number of carbonyl (C=O) groups is 1. The first-order valence-electron chi connectivity index (χ1n) is 10.3. The number of hydrogen-bond acceptors (Lipinski definition) is 9. The number of nitrogens with one attached hydrogen (secondary N) is 1. The first-order chi connectivity index (χ1) is 16.5. The van der Waals surface area contributed by atoms with Crippen molar-refractivity contribution in [1.82, 2.24) is 5.32 Å². The summed E-state index contributed by atoms with van der Waals surface area (Å²) >= 11 is 1.14. The van der Waals surface area contributed by atoms with E-state index in [4.69, 9.17) is 18.9 Å². The van der Waals surface area contributed by atoms with E-state index >= 15 is 0 Å². The average molecular weight is 483 g/mol. The molecule has 1 unspecified atom stereocenters. The van der Waals surface area contributed by atoms with Crippen molar-refractivity contribution in [3.05, 3.63) is 70.8 Å². The Morgan fingerprint density at radius 3 is 2.59 bits per heavy atom. The highest BCUT2D eigenvalue weighted by molar-refractivity contribution is 7.99. The van der Waals surface area contributed by atoms with Crippen molar-refractivity contribution >= 4 is 23.4 Å². The van der Waals surface area contributed by atoms with Gasteiger partial charge in [0.1, 0.15) is 17.2 Å². The van der Waals surface area contributed by atoms with Crippen LogP contribution in [0.25, 0.3) is 11.1 Å². The van der Waals surface area contributed by atoms with Crippen LogP contribution in [0.15, 0.2) is 70.5 Å². The molecule has 0 aliphatic carbocycles. The summed E-state index contributed by atoms with van der Waals surface area (Å²) in [6.45, 7) is 0.609. The normalized spacial score (nSPS) is 15.1. The molecule has 3 aromatic carbocycles. The van der Waals surface area contributed by atoms with Crippen LogP contribution in [-0.4, -0.2) is 44.5 Å². The minimum absolute atomic E-state index is 0.0513. The second kappa shape index (κ2) is 10.6. The minimum atomic E-state index is -0.733. The van der Waals surface area contributed by atoms with E-state index in [1.54, 1.807) is 56.7 Å². The van der Waals surface area contributed by atoms with Crippen LogP contribution in [0.5, 0.6) is 17.2 Å². The predicted molar refractivity (Wildman–Crippen MR) is 126 cm³/mol. The first kappa shape index (κ1) is 23.6. The molecule has 4 rings (SSSR count). The Morgan fingerprint density at radius 2 is 1.88 bits per heavy atom. The Labute approximate surface area is 200 Å². The third kappa shape index (κ3) is 4.98. The van der Waals surface area contributed by atoms with Crippen molar-refractivity contribution in [2.24, 2.45) is 0 Å². The molecule has 0 radical (unpaired) electrons. The maximum Gasteiger partial charge on any atom is 0.342 e. The van der Waals surface area contributed by atoms with E-state index in [-0.39, 0.29) is 18.2 Å². The fourth-order valence-corrected chi connectivity index (χ4v) is 4.58. The van der Waals surface area contributed by atoms with Gasteiger partial charge in [0.05, 0.1) is 35.7 Å². The Morgan fingerprint density at radius 1 is 1.06 bits per heavy atom. The molecule has 0 bridgehead atoms. The van der Waals surface area contributed by atoms with E-state index < -0.39 is 17.0 Å². The molecule has 10 heteroatoms. The predicted octanol–water partition coefficient (Wildman–Crippen LogP) is 4.28. The number of esters is 1. The number of nitro benzene ring substituents is 1. The van der Waals surface area contributed by atoms with E-state index in [1.807, 2.05) is 12.1 Å². The molecule has 0 spiro atoms. The maximum atomic E-state index is 12.7. The zero-order valence-corrected chi connectivity index (χ0v) is 19.3. The summed E-state index contributed by atoms with van der Waals surface area (Å²) in [4.78, 5) is 24.8. The SMILES string of the molecule is COc1ccc(-c2cccc(OC(=O)C3CNCO3)c2Sc2ccccc2[N+](=O)[O-])c(OC)c1. The molecule has 0 aromatic heterocycles. The molecule has 1 saturated heterocycles. The van der Waals surface area contributed by atoms with Gasteiger partial charge in [-0.3, -0.25) is 15.4 Å². The fourth-order valence-electron chi connectivity index (χ4n) is 3.47. The number of rotatable bonds is 8. The Hall–Kier alpha value is -3.60. The lowest BCUT2D eigenvalue weighted by Crippen LogP contribution is -2.29. The highest BCUT2D eigenvalue weighted by atomic mass is 32.2. The van der Waals surface area contributed by atoms with E-state index in [2.05, 4.69) is 5.32 Å². The van der Waals surface area contributed by atoms with Crippen molar-refractivity contribution in [3.8, 4) is 28.4 Å². The number of nitrogens with zero attached hydrogens (tertiary/aromatic N) is 1. The van der Waals surface area contributed by atoms with Crippen molar-refractivity contribution in [1.29, 1.82) is 0 Å². The molecule has 0 amide bonds. The standard InChI is InChI=1S/C24H22N2O7S/c1-30-15-10-11-16(20(12-15)31-2)17-6-5-8-19(33-24(27)21-13-25-14-32-21)23(17)34-22-9-4-3-7-18(22)26(28)29/h3-12,21,25H,13-14H2,1-2H3. The summed E-state index contributed by atoms with van der Waals surface area (Å²) < 4.78 is 22.0. The van der Waals surface area contributed by atoms with Crippen LogP contribution < -0.4 is 19.5 Å². The van der Waals surface area contributed by atoms with E-state index in [9.17, 15) is 14.9 Å².